The van der Waals surface area contributed by atoms with E-state index in [2.05, 4.69) is 340 Å². The van der Waals surface area contributed by atoms with Crippen molar-refractivity contribution in [3.8, 4) is 113 Å². The van der Waals surface area contributed by atoms with Gasteiger partial charge >= 0.3 is 0 Å². The lowest BCUT2D eigenvalue weighted by molar-refractivity contribution is 0.754. The van der Waals surface area contributed by atoms with E-state index >= 15 is 0 Å². The van der Waals surface area contributed by atoms with E-state index in [9.17, 15) is 0 Å². The number of nitrogens with zero attached hydrogens (tertiary/aromatic N) is 6. The standard InChI is InChI=1S/C100H64N6/c1-7-27-65(28-8-1)93-101-95(67-53-49-63(50-54-67)75-43-25-45-83-77-39-21-23-47-87(77)99(91(75)83,71-31-11-3-12-32-71)72-33-13-4-14-34-72)105-97(103-93)69-57-59-81-85(61-69)89-79-41-19-20-42-80(79)90(81)86-62-70(58-60-82(86)89)98-104-94(66-29-9-2-10-30-66)102-96(106-98)68-55-51-64(52-56-68)76-44-26-46-84-78-40-22-24-48-88(78)100(92(76)84,73-35-15-5-16-36-73)74-37-17-6-18-38-74/h1-62,89-90H. The zero-order chi connectivity index (χ0) is 69.9. The summed E-state index contributed by atoms with van der Waals surface area (Å²) in [5.41, 5.74) is 31.7. The third kappa shape index (κ3) is 9.37. The lowest BCUT2D eigenvalue weighted by Gasteiger charge is -2.42. The predicted molar refractivity (Wildman–Crippen MR) is 426 cm³/mol. The monoisotopic (exact) mass is 1350 g/mol. The van der Waals surface area contributed by atoms with Crippen LogP contribution >= 0.6 is 0 Å². The molecule has 0 saturated heterocycles. The molecule has 6 heteroatoms. The molecule has 6 nitrogen and oxygen atoms in total. The summed E-state index contributed by atoms with van der Waals surface area (Å²) in [6.45, 7) is 0. The van der Waals surface area contributed by atoms with Crippen molar-refractivity contribution in [2.24, 2.45) is 0 Å². The zero-order valence-corrected chi connectivity index (χ0v) is 57.6. The van der Waals surface area contributed by atoms with Crippen molar-refractivity contribution in [1.29, 1.82) is 0 Å². The first-order valence-electron chi connectivity index (χ1n) is 36.5. The Labute approximate surface area is 615 Å². The summed E-state index contributed by atoms with van der Waals surface area (Å²) < 4.78 is 0. The Morgan fingerprint density at radius 2 is 0.415 bits per heavy atom. The molecule has 22 rings (SSSR count). The van der Waals surface area contributed by atoms with Gasteiger partial charge in [0.05, 0.1) is 10.8 Å². The van der Waals surface area contributed by atoms with Gasteiger partial charge in [0.25, 0.3) is 0 Å². The molecule has 2 heterocycles. The Morgan fingerprint density at radius 3 is 0.764 bits per heavy atom. The highest BCUT2D eigenvalue weighted by atomic mass is 15.0. The largest absolute Gasteiger partial charge is 0.208 e. The quantitative estimate of drug-likeness (QED) is 0.121. The number of rotatable bonds is 12. The van der Waals surface area contributed by atoms with Crippen LogP contribution in [0, 0.1) is 0 Å². The highest BCUT2D eigenvalue weighted by Gasteiger charge is 2.50. The van der Waals surface area contributed by atoms with Gasteiger partial charge in [-0.3, -0.25) is 0 Å². The highest BCUT2D eigenvalue weighted by Crippen LogP contribution is 2.62. The highest BCUT2D eigenvalue weighted by molar-refractivity contribution is 5.95. The topological polar surface area (TPSA) is 77.3 Å². The molecule has 0 spiro atoms. The molecule has 17 aromatic rings. The average Bonchev–Trinajstić information content (AvgIpc) is 1.47. The summed E-state index contributed by atoms with van der Waals surface area (Å²) in [6, 6.07) is 137. The van der Waals surface area contributed by atoms with Gasteiger partial charge in [-0.1, -0.05) is 364 Å². The van der Waals surface area contributed by atoms with Gasteiger partial charge in [-0.2, -0.15) is 0 Å². The van der Waals surface area contributed by atoms with Gasteiger partial charge in [-0.15, -0.1) is 0 Å². The van der Waals surface area contributed by atoms with Gasteiger partial charge in [-0.25, -0.2) is 29.9 Å². The summed E-state index contributed by atoms with van der Waals surface area (Å²) in [6.07, 6.45) is 0. The Kier molecular flexibility index (Phi) is 14.1. The van der Waals surface area contributed by atoms with E-state index in [1.54, 1.807) is 0 Å². The fraction of sp³-hybridized carbons (Fsp3) is 0.0400. The molecule has 494 valence electrons. The zero-order valence-electron chi connectivity index (χ0n) is 57.6. The molecule has 2 bridgehead atoms. The van der Waals surface area contributed by atoms with Gasteiger partial charge in [0.2, 0.25) is 0 Å². The molecule has 0 aliphatic heterocycles. The lowest BCUT2D eigenvalue weighted by Crippen LogP contribution is -2.29. The normalized spacial score (nSPS) is 14.8. The van der Waals surface area contributed by atoms with Gasteiger partial charge in [0, 0.05) is 45.2 Å². The molecule has 5 aliphatic rings. The number of hydrogen-bond acceptors (Lipinski definition) is 6. The van der Waals surface area contributed by atoms with Crippen molar-refractivity contribution in [2.75, 3.05) is 0 Å². The van der Waals surface area contributed by atoms with E-state index in [-0.39, 0.29) is 11.8 Å². The second-order valence-corrected chi connectivity index (χ2v) is 28.2. The van der Waals surface area contributed by atoms with Crippen LogP contribution in [0.1, 0.15) is 89.7 Å². The van der Waals surface area contributed by atoms with E-state index in [1.165, 1.54) is 111 Å². The molecular formula is C100H64N6. The Bertz CT molecular complexity index is 5840. The van der Waals surface area contributed by atoms with Gasteiger partial charge < -0.3 is 0 Å². The van der Waals surface area contributed by atoms with Crippen LogP contribution in [0.4, 0.5) is 0 Å². The summed E-state index contributed by atoms with van der Waals surface area (Å²) in [4.78, 5) is 32.0. The second-order valence-electron chi connectivity index (χ2n) is 28.2. The number of benzene rings is 15. The van der Waals surface area contributed by atoms with Crippen molar-refractivity contribution >= 4 is 0 Å². The molecule has 0 amide bonds. The number of aromatic nitrogens is 6. The fourth-order valence-electron chi connectivity index (χ4n) is 18.3. The molecule has 0 fully saturated rings. The van der Waals surface area contributed by atoms with Gasteiger partial charge in [0.15, 0.2) is 34.9 Å². The van der Waals surface area contributed by atoms with Crippen molar-refractivity contribution in [3.05, 3.63) is 454 Å². The van der Waals surface area contributed by atoms with Crippen LogP contribution in [0.2, 0.25) is 0 Å². The molecule has 106 heavy (non-hydrogen) atoms. The molecule has 0 radical (unpaired) electrons. The number of fused-ring (bicyclic) bond motifs is 6. The SMILES string of the molecule is c1ccc(-c2nc(-c3ccc(-c4cccc5c4C(c4ccccc4)(c4ccccc4)c4ccccc4-5)cc3)nc(-c3ccc4c(c3)C3c5ccccc5C4c4cc(-c5nc(-c6ccccc6)nc(-c6ccc(-c7cccc8c7C(c7ccccc7)(c7ccccc7)c7ccccc7-8)cc6)n5)ccc43)n2)cc1. The minimum atomic E-state index is -0.551. The third-order valence-electron chi connectivity index (χ3n) is 22.7. The molecular weight excluding hydrogens is 1290 g/mol. The van der Waals surface area contributed by atoms with E-state index in [0.717, 1.165) is 44.5 Å². The lowest BCUT2D eigenvalue weighted by atomic mass is 9.61. The van der Waals surface area contributed by atoms with Crippen molar-refractivity contribution in [2.45, 2.75) is 22.7 Å². The first-order valence-corrected chi connectivity index (χ1v) is 36.5. The average molecular weight is 1350 g/mol. The summed E-state index contributed by atoms with van der Waals surface area (Å²) in [7, 11) is 0. The van der Waals surface area contributed by atoms with Crippen LogP contribution in [0.15, 0.2) is 376 Å². The van der Waals surface area contributed by atoms with Crippen LogP contribution in [0.3, 0.4) is 0 Å². The summed E-state index contributed by atoms with van der Waals surface area (Å²) in [5.74, 6) is 3.59. The van der Waals surface area contributed by atoms with Crippen LogP contribution in [-0.4, -0.2) is 29.9 Å². The molecule has 2 aromatic heterocycles. The first-order chi connectivity index (χ1) is 52.6. The maximum atomic E-state index is 5.41. The summed E-state index contributed by atoms with van der Waals surface area (Å²) in [5, 5.41) is 0. The fourth-order valence-corrected chi connectivity index (χ4v) is 18.3. The molecule has 0 N–H and O–H groups in total. The second kappa shape index (κ2) is 24.5. The van der Waals surface area contributed by atoms with Crippen LogP contribution in [-0.2, 0) is 10.8 Å². The third-order valence-corrected chi connectivity index (χ3v) is 22.7. The number of hydrogen-bond donors (Lipinski definition) is 0. The Hall–Kier alpha value is -13.7. The van der Waals surface area contributed by atoms with Crippen molar-refractivity contribution < 1.29 is 0 Å². The maximum Gasteiger partial charge on any atom is 0.164 e. The maximum absolute atomic E-state index is 5.41. The predicted octanol–water partition coefficient (Wildman–Crippen LogP) is 23.1. The van der Waals surface area contributed by atoms with Gasteiger partial charge in [-0.05, 0) is 135 Å². The van der Waals surface area contributed by atoms with E-state index < -0.39 is 10.8 Å². The van der Waals surface area contributed by atoms with E-state index in [0.29, 0.717) is 34.9 Å². The van der Waals surface area contributed by atoms with E-state index in [1.807, 2.05) is 36.4 Å². The molecule has 2 unspecified atom stereocenters. The summed E-state index contributed by atoms with van der Waals surface area (Å²) >= 11 is 0. The van der Waals surface area contributed by atoms with Crippen LogP contribution in [0.5, 0.6) is 0 Å². The molecule has 5 aliphatic carbocycles. The Morgan fingerprint density at radius 1 is 0.170 bits per heavy atom. The first kappa shape index (κ1) is 61.0. The van der Waals surface area contributed by atoms with Crippen LogP contribution in [0.25, 0.3) is 113 Å². The molecule has 0 saturated carbocycles. The van der Waals surface area contributed by atoms with Gasteiger partial charge in [0.1, 0.15) is 0 Å². The van der Waals surface area contributed by atoms with Crippen molar-refractivity contribution in [3.63, 3.8) is 0 Å². The van der Waals surface area contributed by atoms with E-state index in [4.69, 9.17) is 29.9 Å². The smallest absolute Gasteiger partial charge is 0.164 e. The van der Waals surface area contributed by atoms with Crippen molar-refractivity contribution in [1.82, 2.24) is 29.9 Å². The molecule has 15 aromatic carbocycles. The Balaban J connectivity index is 0.642. The minimum absolute atomic E-state index is 0.0461. The minimum Gasteiger partial charge on any atom is -0.208 e. The van der Waals surface area contributed by atoms with Crippen LogP contribution < -0.4 is 0 Å². The molecule has 2 atom stereocenters.